The van der Waals surface area contributed by atoms with E-state index in [4.69, 9.17) is 5.73 Å². The van der Waals surface area contributed by atoms with Crippen molar-refractivity contribution in [3.05, 3.63) is 0 Å². The summed E-state index contributed by atoms with van der Waals surface area (Å²) < 4.78 is 34.9. The van der Waals surface area contributed by atoms with Crippen LogP contribution in [0.4, 0.5) is 13.2 Å². The van der Waals surface area contributed by atoms with Crippen LogP contribution in [0.3, 0.4) is 0 Å². The van der Waals surface area contributed by atoms with Crippen LogP contribution in [0.1, 0.15) is 19.8 Å². The lowest BCUT2D eigenvalue weighted by atomic mass is 10.0. The van der Waals surface area contributed by atoms with Gasteiger partial charge in [-0.1, -0.05) is 13.3 Å². The van der Waals surface area contributed by atoms with E-state index in [9.17, 15) is 13.2 Å². The lowest BCUT2D eigenvalue weighted by molar-refractivity contribution is -0.143. The van der Waals surface area contributed by atoms with Crippen molar-refractivity contribution in [2.24, 2.45) is 11.7 Å². The van der Waals surface area contributed by atoms with Crippen LogP contribution in [0, 0.1) is 5.92 Å². The van der Waals surface area contributed by atoms with Crippen molar-refractivity contribution >= 4 is 0 Å². The Morgan fingerprint density at radius 2 is 1.90 bits per heavy atom. The maximum Gasteiger partial charge on any atom is 0.389 e. The fourth-order valence-electron chi connectivity index (χ4n) is 0.722. The summed E-state index contributed by atoms with van der Waals surface area (Å²) in [6.45, 7) is 1.83. The maximum atomic E-state index is 11.6. The summed E-state index contributed by atoms with van der Waals surface area (Å²) in [7, 11) is 0. The molecule has 1 nitrogen and oxygen atoms in total. The van der Waals surface area contributed by atoms with Crippen molar-refractivity contribution in [1.29, 1.82) is 0 Å². The van der Waals surface area contributed by atoms with E-state index >= 15 is 0 Å². The standard InChI is InChI=1S/C6H12F3N/c1-2-5(4-10)3-6(7,8)9/h5H,2-4,10H2,1H3/t5-/m0/s1. The molecule has 10 heavy (non-hydrogen) atoms. The summed E-state index contributed by atoms with van der Waals surface area (Å²) in [6, 6.07) is 0. The highest BCUT2D eigenvalue weighted by atomic mass is 19.4. The average Bonchev–Trinajstić information content (AvgIpc) is 1.81. The second-order valence-electron chi connectivity index (χ2n) is 2.33. The molecule has 0 aromatic heterocycles. The first-order chi connectivity index (χ1) is 4.49. The number of halogens is 3. The lowest BCUT2D eigenvalue weighted by Gasteiger charge is -2.13. The quantitative estimate of drug-likeness (QED) is 0.662. The minimum atomic E-state index is -4.06. The fraction of sp³-hybridized carbons (Fsp3) is 1.00. The largest absolute Gasteiger partial charge is 0.389 e. The Hall–Kier alpha value is -0.250. The molecule has 62 valence electrons. The fourth-order valence-corrected chi connectivity index (χ4v) is 0.722. The third kappa shape index (κ3) is 4.61. The molecule has 0 unspecified atom stereocenters. The Balaban J connectivity index is 3.63. The first kappa shape index (κ1) is 9.75. The van der Waals surface area contributed by atoms with Crippen molar-refractivity contribution in [3.63, 3.8) is 0 Å². The first-order valence-corrected chi connectivity index (χ1v) is 3.26. The highest BCUT2D eigenvalue weighted by Gasteiger charge is 2.30. The van der Waals surface area contributed by atoms with E-state index in [1.807, 2.05) is 0 Å². The molecule has 0 saturated carbocycles. The van der Waals surface area contributed by atoms with Gasteiger partial charge in [-0.05, 0) is 12.5 Å². The van der Waals surface area contributed by atoms with Gasteiger partial charge in [0, 0.05) is 6.42 Å². The smallest absolute Gasteiger partial charge is 0.330 e. The highest BCUT2D eigenvalue weighted by Crippen LogP contribution is 2.25. The molecule has 2 N–H and O–H groups in total. The number of hydrogen-bond donors (Lipinski definition) is 1. The van der Waals surface area contributed by atoms with Gasteiger partial charge in [0.2, 0.25) is 0 Å². The van der Waals surface area contributed by atoms with E-state index in [1.54, 1.807) is 6.92 Å². The van der Waals surface area contributed by atoms with Gasteiger partial charge in [0.25, 0.3) is 0 Å². The van der Waals surface area contributed by atoms with E-state index < -0.39 is 18.5 Å². The topological polar surface area (TPSA) is 26.0 Å². The predicted octanol–water partition coefficient (Wildman–Crippen LogP) is 1.92. The van der Waals surface area contributed by atoms with Crippen LogP contribution in [0.5, 0.6) is 0 Å². The third-order valence-electron chi connectivity index (χ3n) is 1.43. The molecule has 0 aliphatic rings. The van der Waals surface area contributed by atoms with Crippen LogP contribution in [-0.4, -0.2) is 12.7 Å². The van der Waals surface area contributed by atoms with Gasteiger partial charge in [0.15, 0.2) is 0 Å². The van der Waals surface area contributed by atoms with Crippen molar-refractivity contribution in [1.82, 2.24) is 0 Å². The van der Waals surface area contributed by atoms with Crippen LogP contribution in [-0.2, 0) is 0 Å². The second kappa shape index (κ2) is 3.81. The first-order valence-electron chi connectivity index (χ1n) is 3.26. The molecule has 4 heteroatoms. The Labute approximate surface area is 58.4 Å². The number of hydrogen-bond acceptors (Lipinski definition) is 1. The SMILES string of the molecule is CC[C@H](CN)CC(F)(F)F. The summed E-state index contributed by atoms with van der Waals surface area (Å²) in [5.41, 5.74) is 5.09. The predicted molar refractivity (Wildman–Crippen MR) is 33.5 cm³/mol. The zero-order chi connectivity index (χ0) is 8.20. The molecular formula is C6H12F3N. The molecule has 1 atom stereocenters. The minimum Gasteiger partial charge on any atom is -0.330 e. The minimum absolute atomic E-state index is 0.121. The molecule has 0 rings (SSSR count). The molecule has 0 bridgehead atoms. The molecule has 0 radical (unpaired) electrons. The Kier molecular flexibility index (Phi) is 3.71. The van der Waals surface area contributed by atoms with Crippen molar-refractivity contribution in [3.8, 4) is 0 Å². The van der Waals surface area contributed by atoms with Gasteiger partial charge in [0.1, 0.15) is 0 Å². The zero-order valence-corrected chi connectivity index (χ0v) is 5.91. The monoisotopic (exact) mass is 155 g/mol. The van der Waals surface area contributed by atoms with Crippen LogP contribution >= 0.6 is 0 Å². The molecule has 0 aromatic carbocycles. The zero-order valence-electron chi connectivity index (χ0n) is 5.91. The number of rotatable bonds is 3. The van der Waals surface area contributed by atoms with Gasteiger partial charge in [-0.15, -0.1) is 0 Å². The Morgan fingerprint density at radius 1 is 1.40 bits per heavy atom. The van der Waals surface area contributed by atoms with Crippen LogP contribution in [0.2, 0.25) is 0 Å². The van der Waals surface area contributed by atoms with Gasteiger partial charge < -0.3 is 5.73 Å². The third-order valence-corrected chi connectivity index (χ3v) is 1.43. The summed E-state index contributed by atoms with van der Waals surface area (Å²) >= 11 is 0. The van der Waals surface area contributed by atoms with Crippen LogP contribution < -0.4 is 5.73 Å². The van der Waals surface area contributed by atoms with Crippen LogP contribution in [0.15, 0.2) is 0 Å². The average molecular weight is 155 g/mol. The van der Waals surface area contributed by atoms with E-state index in [2.05, 4.69) is 0 Å². The van der Waals surface area contributed by atoms with Gasteiger partial charge in [-0.2, -0.15) is 13.2 Å². The molecule has 0 saturated heterocycles. The van der Waals surface area contributed by atoms with E-state index in [0.29, 0.717) is 6.42 Å². The molecule has 0 heterocycles. The van der Waals surface area contributed by atoms with Gasteiger partial charge in [-0.3, -0.25) is 0 Å². The highest BCUT2D eigenvalue weighted by molar-refractivity contribution is 4.62. The Morgan fingerprint density at radius 3 is 2.00 bits per heavy atom. The van der Waals surface area contributed by atoms with Crippen LogP contribution in [0.25, 0.3) is 0 Å². The van der Waals surface area contributed by atoms with Gasteiger partial charge >= 0.3 is 6.18 Å². The summed E-state index contributed by atoms with van der Waals surface area (Å²) in [4.78, 5) is 0. The number of nitrogens with two attached hydrogens (primary N) is 1. The lowest BCUT2D eigenvalue weighted by Crippen LogP contribution is -2.21. The van der Waals surface area contributed by atoms with Crippen molar-refractivity contribution in [2.75, 3.05) is 6.54 Å². The van der Waals surface area contributed by atoms with E-state index in [-0.39, 0.29) is 6.54 Å². The summed E-state index contributed by atoms with van der Waals surface area (Å²) in [5.74, 6) is -0.403. The molecular weight excluding hydrogens is 143 g/mol. The maximum absolute atomic E-state index is 11.6. The van der Waals surface area contributed by atoms with Crippen molar-refractivity contribution in [2.45, 2.75) is 25.9 Å². The number of alkyl halides is 3. The molecule has 0 amide bonds. The Bertz CT molecular complexity index is 85.5. The molecule has 0 fully saturated rings. The summed E-state index contributed by atoms with van der Waals surface area (Å²) in [6.07, 6.45) is -4.31. The van der Waals surface area contributed by atoms with Gasteiger partial charge in [-0.25, -0.2) is 0 Å². The molecule has 0 aliphatic carbocycles. The normalized spacial score (nSPS) is 15.3. The van der Waals surface area contributed by atoms with Crippen molar-refractivity contribution < 1.29 is 13.2 Å². The molecule has 0 spiro atoms. The summed E-state index contributed by atoms with van der Waals surface area (Å²) in [5, 5.41) is 0. The molecule has 0 aromatic rings. The molecule has 0 aliphatic heterocycles. The van der Waals surface area contributed by atoms with E-state index in [1.165, 1.54) is 0 Å². The van der Waals surface area contributed by atoms with Gasteiger partial charge in [0.05, 0.1) is 0 Å². The second-order valence-corrected chi connectivity index (χ2v) is 2.33. The van der Waals surface area contributed by atoms with E-state index in [0.717, 1.165) is 0 Å².